The fourth-order valence-electron chi connectivity index (χ4n) is 3.58. The van der Waals surface area contributed by atoms with E-state index in [4.69, 9.17) is 4.74 Å². The predicted octanol–water partition coefficient (Wildman–Crippen LogP) is 3.94. The van der Waals surface area contributed by atoms with Gasteiger partial charge in [-0.15, -0.1) is 0 Å². The second-order valence-electron chi connectivity index (χ2n) is 7.07. The Kier molecular flexibility index (Phi) is 5.65. The maximum Gasteiger partial charge on any atom is 0.261 e. The van der Waals surface area contributed by atoms with Crippen LogP contribution in [0.2, 0.25) is 0 Å². The molecule has 150 valence electrons. The zero-order valence-electron chi connectivity index (χ0n) is 16.7. The van der Waals surface area contributed by atoms with E-state index in [9.17, 15) is 13.2 Å². The summed E-state index contributed by atoms with van der Waals surface area (Å²) in [5.74, 6) is 0.827. The molecule has 1 aliphatic heterocycles. The van der Waals surface area contributed by atoms with Gasteiger partial charge in [-0.3, -0.25) is 9.52 Å². The maximum atomic E-state index is 12.9. The van der Waals surface area contributed by atoms with Crippen LogP contribution in [0.1, 0.15) is 36.5 Å². The van der Waals surface area contributed by atoms with E-state index in [1.54, 1.807) is 35.2 Å². The van der Waals surface area contributed by atoms with Crippen LogP contribution in [-0.2, 0) is 14.8 Å². The van der Waals surface area contributed by atoms with Crippen LogP contribution in [0, 0.1) is 20.8 Å². The molecular weight excluding hydrogens is 376 g/mol. The minimum atomic E-state index is -3.74. The average molecular weight is 403 g/mol. The summed E-state index contributed by atoms with van der Waals surface area (Å²) in [6.07, 6.45) is 1.41. The van der Waals surface area contributed by atoms with Crippen LogP contribution >= 0.6 is 0 Å². The standard InChI is InChI=1S/C21H26N2O4S/c1-5-27-21-15(3)12-18(13-16(21)4)28(25,26)22-17-8-9-19(14(2)11-17)23-10-6-7-20(23)24/h8-9,11-13,22H,5-7,10H2,1-4H3. The number of ether oxygens (including phenoxy) is 1. The third kappa shape index (κ3) is 3.99. The van der Waals surface area contributed by atoms with E-state index in [2.05, 4.69) is 4.72 Å². The molecule has 3 rings (SSSR count). The number of hydrogen-bond acceptors (Lipinski definition) is 4. The Morgan fingerprint density at radius 2 is 1.75 bits per heavy atom. The molecule has 2 aromatic carbocycles. The Labute approximate surface area is 166 Å². The lowest BCUT2D eigenvalue weighted by atomic mass is 10.1. The Balaban J connectivity index is 1.86. The highest BCUT2D eigenvalue weighted by Crippen LogP contribution is 2.30. The molecule has 1 fully saturated rings. The van der Waals surface area contributed by atoms with Gasteiger partial charge in [0.2, 0.25) is 5.91 Å². The summed E-state index contributed by atoms with van der Waals surface area (Å²) in [6.45, 7) is 8.68. The molecule has 0 unspecified atom stereocenters. The summed E-state index contributed by atoms with van der Waals surface area (Å²) < 4.78 is 34.0. The Morgan fingerprint density at radius 3 is 2.29 bits per heavy atom. The molecule has 0 saturated carbocycles. The number of rotatable bonds is 6. The van der Waals surface area contributed by atoms with E-state index in [0.717, 1.165) is 34.5 Å². The monoisotopic (exact) mass is 402 g/mol. The van der Waals surface area contributed by atoms with E-state index in [1.807, 2.05) is 27.7 Å². The van der Waals surface area contributed by atoms with Gasteiger partial charge in [-0.1, -0.05) is 0 Å². The molecule has 1 amide bonds. The minimum absolute atomic E-state index is 0.108. The third-order valence-electron chi connectivity index (χ3n) is 4.85. The van der Waals surface area contributed by atoms with Crippen molar-refractivity contribution in [3.8, 4) is 5.75 Å². The summed E-state index contributed by atoms with van der Waals surface area (Å²) in [5, 5.41) is 0. The summed E-state index contributed by atoms with van der Waals surface area (Å²) in [5.41, 5.74) is 3.72. The van der Waals surface area contributed by atoms with Crippen molar-refractivity contribution in [3.05, 3.63) is 47.0 Å². The molecule has 1 heterocycles. The molecule has 0 atom stereocenters. The fraction of sp³-hybridized carbons (Fsp3) is 0.381. The average Bonchev–Trinajstić information content (AvgIpc) is 3.03. The number of amides is 1. The fourth-order valence-corrected chi connectivity index (χ4v) is 4.80. The lowest BCUT2D eigenvalue weighted by Gasteiger charge is -2.19. The van der Waals surface area contributed by atoms with Gasteiger partial charge in [0, 0.05) is 24.3 Å². The largest absolute Gasteiger partial charge is 0.493 e. The normalized spacial score (nSPS) is 14.4. The number of aryl methyl sites for hydroxylation is 3. The number of sulfonamides is 1. The first-order chi connectivity index (χ1) is 13.2. The van der Waals surface area contributed by atoms with Crippen LogP contribution in [0.3, 0.4) is 0 Å². The van der Waals surface area contributed by atoms with Gasteiger partial charge < -0.3 is 9.64 Å². The molecule has 6 nitrogen and oxygen atoms in total. The molecule has 1 saturated heterocycles. The van der Waals surface area contributed by atoms with Gasteiger partial charge in [0.1, 0.15) is 5.75 Å². The lowest BCUT2D eigenvalue weighted by molar-refractivity contribution is -0.117. The number of carbonyl (C=O) groups is 1. The third-order valence-corrected chi connectivity index (χ3v) is 6.21. The van der Waals surface area contributed by atoms with E-state index in [-0.39, 0.29) is 10.8 Å². The number of carbonyl (C=O) groups excluding carboxylic acids is 1. The predicted molar refractivity (Wildman–Crippen MR) is 111 cm³/mol. The van der Waals surface area contributed by atoms with Crippen LogP contribution in [-0.4, -0.2) is 27.5 Å². The first-order valence-electron chi connectivity index (χ1n) is 9.41. The zero-order valence-corrected chi connectivity index (χ0v) is 17.5. The molecule has 28 heavy (non-hydrogen) atoms. The summed E-state index contributed by atoms with van der Waals surface area (Å²) in [6, 6.07) is 8.48. The van der Waals surface area contributed by atoms with Gasteiger partial charge in [-0.05, 0) is 81.1 Å². The Hall–Kier alpha value is -2.54. The zero-order chi connectivity index (χ0) is 20.5. The van der Waals surface area contributed by atoms with Crippen molar-refractivity contribution in [2.45, 2.75) is 45.4 Å². The second kappa shape index (κ2) is 7.83. The number of anilines is 2. The molecule has 1 N–H and O–H groups in total. The Morgan fingerprint density at radius 1 is 1.07 bits per heavy atom. The SMILES string of the molecule is CCOc1c(C)cc(S(=O)(=O)Nc2ccc(N3CCCC3=O)c(C)c2)cc1C. The van der Waals surface area contributed by atoms with E-state index < -0.39 is 10.0 Å². The van der Waals surface area contributed by atoms with Crippen molar-refractivity contribution in [2.75, 3.05) is 22.8 Å². The highest BCUT2D eigenvalue weighted by molar-refractivity contribution is 7.92. The van der Waals surface area contributed by atoms with E-state index in [0.29, 0.717) is 25.3 Å². The molecule has 1 aliphatic rings. The molecule has 2 aromatic rings. The van der Waals surface area contributed by atoms with Crippen molar-refractivity contribution in [2.24, 2.45) is 0 Å². The molecule has 0 spiro atoms. The van der Waals surface area contributed by atoms with Crippen LogP contribution in [0.25, 0.3) is 0 Å². The van der Waals surface area contributed by atoms with E-state index in [1.165, 1.54) is 0 Å². The maximum absolute atomic E-state index is 12.9. The van der Waals surface area contributed by atoms with Gasteiger partial charge in [0.15, 0.2) is 0 Å². The highest BCUT2D eigenvalue weighted by atomic mass is 32.2. The van der Waals surface area contributed by atoms with Crippen LogP contribution in [0.5, 0.6) is 5.75 Å². The molecule has 0 aromatic heterocycles. The van der Waals surface area contributed by atoms with Crippen molar-refractivity contribution < 1.29 is 17.9 Å². The quantitative estimate of drug-likeness (QED) is 0.794. The number of nitrogens with one attached hydrogen (secondary N) is 1. The highest BCUT2D eigenvalue weighted by Gasteiger charge is 2.23. The van der Waals surface area contributed by atoms with Crippen molar-refractivity contribution in [1.82, 2.24) is 0 Å². The smallest absolute Gasteiger partial charge is 0.261 e. The van der Waals surface area contributed by atoms with E-state index >= 15 is 0 Å². The molecule has 7 heteroatoms. The first kappa shape index (κ1) is 20.2. The molecule has 0 bridgehead atoms. The summed E-state index contributed by atoms with van der Waals surface area (Å²) >= 11 is 0. The Bertz CT molecular complexity index is 992. The topological polar surface area (TPSA) is 75.7 Å². The number of benzene rings is 2. The minimum Gasteiger partial charge on any atom is -0.493 e. The van der Waals surface area contributed by atoms with Gasteiger partial charge in [-0.25, -0.2) is 8.42 Å². The van der Waals surface area contributed by atoms with Gasteiger partial charge in [-0.2, -0.15) is 0 Å². The summed E-state index contributed by atoms with van der Waals surface area (Å²) in [7, 11) is -3.74. The number of hydrogen-bond donors (Lipinski definition) is 1. The van der Waals surface area contributed by atoms with Crippen molar-refractivity contribution >= 4 is 27.3 Å². The lowest BCUT2D eigenvalue weighted by Crippen LogP contribution is -2.24. The second-order valence-corrected chi connectivity index (χ2v) is 8.76. The van der Waals surface area contributed by atoms with Crippen LogP contribution < -0.4 is 14.4 Å². The van der Waals surface area contributed by atoms with Gasteiger partial charge >= 0.3 is 0 Å². The van der Waals surface area contributed by atoms with Crippen molar-refractivity contribution in [1.29, 1.82) is 0 Å². The molecule has 0 radical (unpaired) electrons. The van der Waals surface area contributed by atoms with Crippen LogP contribution in [0.4, 0.5) is 11.4 Å². The first-order valence-corrected chi connectivity index (χ1v) is 10.9. The van der Waals surface area contributed by atoms with Gasteiger partial charge in [0.05, 0.1) is 11.5 Å². The van der Waals surface area contributed by atoms with Crippen LogP contribution in [0.15, 0.2) is 35.2 Å². The van der Waals surface area contributed by atoms with Crippen molar-refractivity contribution in [3.63, 3.8) is 0 Å². The molecule has 0 aliphatic carbocycles. The van der Waals surface area contributed by atoms with Gasteiger partial charge in [0.25, 0.3) is 10.0 Å². The molecular formula is C21H26N2O4S. The number of nitrogens with zero attached hydrogens (tertiary/aromatic N) is 1. The summed E-state index contributed by atoms with van der Waals surface area (Å²) in [4.78, 5) is 13.9.